The van der Waals surface area contributed by atoms with Gasteiger partial charge in [-0.05, 0) is 63.2 Å². The largest absolute Gasteiger partial charge is 0.457 e. The molecule has 5 N–H and O–H groups in total. The maximum absolute atomic E-state index is 13.6. The fourth-order valence-electron chi connectivity index (χ4n) is 3.94. The molecule has 0 bridgehead atoms. The highest BCUT2D eigenvalue weighted by Crippen LogP contribution is 2.25. The average molecular weight is 513 g/mol. The van der Waals surface area contributed by atoms with Crippen molar-refractivity contribution in [1.29, 1.82) is 5.26 Å². The normalized spacial score (nSPS) is 12.7. The molecule has 2 heterocycles. The van der Waals surface area contributed by atoms with Crippen molar-refractivity contribution in [3.63, 3.8) is 0 Å². The molecular formula is C27H28N8O3. The van der Waals surface area contributed by atoms with Crippen molar-refractivity contribution in [1.82, 2.24) is 24.4 Å². The summed E-state index contributed by atoms with van der Waals surface area (Å²) in [6.07, 6.45) is 2.67. The van der Waals surface area contributed by atoms with E-state index in [1.807, 2.05) is 36.4 Å². The quantitative estimate of drug-likeness (QED) is 0.239. The summed E-state index contributed by atoms with van der Waals surface area (Å²) in [4.78, 5) is 34.6. The first-order valence-corrected chi connectivity index (χ1v) is 11.8. The molecule has 0 spiro atoms. The number of nitrogens with two attached hydrogens (primary N) is 2. The van der Waals surface area contributed by atoms with Crippen LogP contribution in [-0.4, -0.2) is 36.6 Å². The van der Waals surface area contributed by atoms with Gasteiger partial charge in [0, 0.05) is 18.1 Å². The number of imidazole rings is 1. The van der Waals surface area contributed by atoms with E-state index in [9.17, 15) is 14.9 Å². The summed E-state index contributed by atoms with van der Waals surface area (Å²) in [7, 11) is 0. The Bertz CT molecular complexity index is 1590. The zero-order valence-corrected chi connectivity index (χ0v) is 21.3. The topological polar surface area (TPSA) is 167 Å². The molecule has 11 nitrogen and oxygen atoms in total. The Morgan fingerprint density at radius 2 is 1.82 bits per heavy atom. The van der Waals surface area contributed by atoms with Crippen molar-refractivity contribution >= 4 is 22.9 Å². The Morgan fingerprint density at radius 1 is 1.16 bits per heavy atom. The number of hydrogen-bond donors (Lipinski definition) is 3. The van der Waals surface area contributed by atoms with Gasteiger partial charge in [0.2, 0.25) is 0 Å². The van der Waals surface area contributed by atoms with E-state index >= 15 is 0 Å². The summed E-state index contributed by atoms with van der Waals surface area (Å²) in [6, 6.07) is 17.6. The van der Waals surface area contributed by atoms with Crippen molar-refractivity contribution in [2.75, 3.05) is 5.73 Å². The van der Waals surface area contributed by atoms with Gasteiger partial charge in [-0.3, -0.25) is 13.9 Å². The molecule has 0 saturated heterocycles. The highest BCUT2D eigenvalue weighted by molar-refractivity contribution is 5.97. The molecule has 1 atom stereocenters. The van der Waals surface area contributed by atoms with Crippen LogP contribution in [0, 0.1) is 11.3 Å². The molecule has 1 amide bonds. The summed E-state index contributed by atoms with van der Waals surface area (Å²) < 4.78 is 8.68. The maximum Gasteiger partial charge on any atom is 0.335 e. The number of ether oxygens (including phenoxy) is 1. The van der Waals surface area contributed by atoms with Crippen LogP contribution in [0.2, 0.25) is 0 Å². The monoisotopic (exact) mass is 512 g/mol. The van der Waals surface area contributed by atoms with Crippen molar-refractivity contribution in [3.05, 3.63) is 83.1 Å². The third-order valence-corrected chi connectivity index (χ3v) is 5.52. The number of rotatable bonds is 8. The first-order chi connectivity index (χ1) is 18.1. The van der Waals surface area contributed by atoms with Crippen LogP contribution in [0.4, 0.5) is 5.82 Å². The van der Waals surface area contributed by atoms with Gasteiger partial charge in [0.1, 0.15) is 35.0 Å². The van der Waals surface area contributed by atoms with E-state index in [1.165, 1.54) is 21.5 Å². The van der Waals surface area contributed by atoms with Gasteiger partial charge in [0.05, 0.1) is 5.69 Å². The molecule has 2 aromatic heterocycles. The number of nitrogen functional groups attached to an aromatic ring is 1. The van der Waals surface area contributed by atoms with Crippen LogP contribution < -0.4 is 27.2 Å². The van der Waals surface area contributed by atoms with E-state index in [0.29, 0.717) is 28.4 Å². The van der Waals surface area contributed by atoms with E-state index in [0.717, 1.165) is 0 Å². The van der Waals surface area contributed by atoms with Crippen LogP contribution in [0.5, 0.6) is 11.5 Å². The number of fused-ring (bicyclic) bond motifs is 1. The molecule has 0 aliphatic carbocycles. The van der Waals surface area contributed by atoms with Crippen LogP contribution in [0.1, 0.15) is 20.8 Å². The van der Waals surface area contributed by atoms with Gasteiger partial charge in [-0.2, -0.15) is 5.26 Å². The molecule has 0 saturated carbocycles. The molecule has 2 aromatic carbocycles. The van der Waals surface area contributed by atoms with Crippen molar-refractivity contribution in [2.24, 2.45) is 5.73 Å². The van der Waals surface area contributed by atoms with Gasteiger partial charge in [-0.15, -0.1) is 0 Å². The summed E-state index contributed by atoms with van der Waals surface area (Å²) in [5.41, 5.74) is 11.9. The molecule has 4 rings (SSSR count). The molecule has 0 aliphatic heterocycles. The van der Waals surface area contributed by atoms with E-state index < -0.39 is 23.2 Å². The Balaban J connectivity index is 1.65. The van der Waals surface area contributed by atoms with Gasteiger partial charge in [0.15, 0.2) is 11.5 Å². The van der Waals surface area contributed by atoms with E-state index in [-0.39, 0.29) is 17.9 Å². The minimum absolute atomic E-state index is 0.0739. The summed E-state index contributed by atoms with van der Waals surface area (Å²) >= 11 is 0. The van der Waals surface area contributed by atoms with Crippen LogP contribution in [0.15, 0.2) is 77.4 Å². The van der Waals surface area contributed by atoms with Crippen LogP contribution in [-0.2, 0) is 11.3 Å². The predicted octanol–water partition coefficient (Wildman–Crippen LogP) is 2.65. The lowest BCUT2D eigenvalue weighted by molar-refractivity contribution is -0.117. The van der Waals surface area contributed by atoms with Crippen LogP contribution in [0.25, 0.3) is 16.9 Å². The third-order valence-electron chi connectivity index (χ3n) is 5.52. The fraction of sp³-hybridized carbons (Fsp3) is 0.222. The number of nitriles is 1. The number of nitrogens with one attached hydrogen (secondary N) is 1. The second-order valence-electron chi connectivity index (χ2n) is 9.43. The second-order valence-corrected chi connectivity index (χ2v) is 9.43. The number of amides is 1. The Hall–Kier alpha value is -4.95. The van der Waals surface area contributed by atoms with Gasteiger partial charge in [-0.25, -0.2) is 14.8 Å². The Labute approximate surface area is 219 Å². The first kappa shape index (κ1) is 26.1. The number of benzene rings is 2. The number of aromatic nitrogens is 4. The lowest BCUT2D eigenvalue weighted by Crippen LogP contribution is -2.40. The van der Waals surface area contributed by atoms with Crippen LogP contribution in [0.3, 0.4) is 0 Å². The van der Waals surface area contributed by atoms with Gasteiger partial charge in [0.25, 0.3) is 5.91 Å². The van der Waals surface area contributed by atoms with Crippen molar-refractivity contribution in [2.45, 2.75) is 38.9 Å². The highest BCUT2D eigenvalue weighted by Gasteiger charge is 2.22. The summed E-state index contributed by atoms with van der Waals surface area (Å²) in [5, 5.41) is 12.1. The number of carbonyl (C=O) groups excluding carboxylic acids is 1. The van der Waals surface area contributed by atoms with E-state index in [1.54, 1.807) is 45.0 Å². The smallest absolute Gasteiger partial charge is 0.335 e. The Kier molecular flexibility index (Phi) is 7.27. The highest BCUT2D eigenvalue weighted by atomic mass is 16.5. The Morgan fingerprint density at radius 3 is 2.45 bits per heavy atom. The standard InChI is InChI=1S/C27H28N8O3/c1-17(33-25(36)18(14-28)13-27(2,3)30)15-34-24-22(23(29)31-16-32-24)35(26(34)37)19-9-11-21(12-10-19)38-20-7-5-4-6-8-20/h4-13,16-17H,15,30H2,1-3H3,(H,33,36)(H2,29,31,32)/b18-13+/t17-/m0/s1. The predicted molar refractivity (Wildman–Crippen MR) is 144 cm³/mol. The van der Waals surface area contributed by atoms with Gasteiger partial charge >= 0.3 is 5.69 Å². The maximum atomic E-state index is 13.6. The lowest BCUT2D eigenvalue weighted by Gasteiger charge is -2.16. The number of nitrogens with zero attached hydrogens (tertiary/aromatic N) is 5. The number of hydrogen-bond acceptors (Lipinski definition) is 8. The fourth-order valence-corrected chi connectivity index (χ4v) is 3.94. The zero-order chi connectivity index (χ0) is 27.4. The summed E-state index contributed by atoms with van der Waals surface area (Å²) in [5.74, 6) is 0.830. The molecule has 194 valence electrons. The van der Waals surface area contributed by atoms with Gasteiger partial charge < -0.3 is 21.5 Å². The minimum Gasteiger partial charge on any atom is -0.457 e. The third kappa shape index (κ3) is 5.71. The lowest BCUT2D eigenvalue weighted by atomic mass is 10.0. The molecule has 38 heavy (non-hydrogen) atoms. The SMILES string of the molecule is C[C@@H](Cn1c(=O)n(-c2ccc(Oc3ccccc3)cc2)c2c(N)ncnc21)NC(=O)/C(C#N)=C/C(C)(C)N. The van der Waals surface area contributed by atoms with Gasteiger partial charge in [-0.1, -0.05) is 18.2 Å². The van der Waals surface area contributed by atoms with E-state index in [2.05, 4.69) is 15.3 Å². The van der Waals surface area contributed by atoms with Crippen LogP contribution >= 0.6 is 0 Å². The zero-order valence-electron chi connectivity index (χ0n) is 21.3. The van der Waals surface area contributed by atoms with Crippen molar-refractivity contribution in [3.8, 4) is 23.3 Å². The first-order valence-electron chi connectivity index (χ1n) is 11.8. The number of anilines is 1. The number of para-hydroxylation sites is 1. The summed E-state index contributed by atoms with van der Waals surface area (Å²) in [6.45, 7) is 5.15. The molecule has 0 radical (unpaired) electrons. The molecule has 11 heteroatoms. The second kappa shape index (κ2) is 10.6. The molecule has 0 unspecified atom stereocenters. The molecule has 0 aliphatic rings. The van der Waals surface area contributed by atoms with Crippen molar-refractivity contribution < 1.29 is 9.53 Å². The number of carbonyl (C=O) groups is 1. The van der Waals surface area contributed by atoms with E-state index in [4.69, 9.17) is 16.2 Å². The molecule has 0 fully saturated rings. The average Bonchev–Trinajstić information content (AvgIpc) is 3.15. The molecule has 4 aromatic rings. The molecular weight excluding hydrogens is 484 g/mol. The minimum atomic E-state index is -0.841.